The van der Waals surface area contributed by atoms with Crippen LogP contribution in [0.4, 0.5) is 14.5 Å². The average molecular weight is 734 g/mol. The highest BCUT2D eigenvalue weighted by Crippen LogP contribution is 2.26. The molecule has 3 aromatic carbocycles. The molecular formula is C37H38ClF2N7O3S. The van der Waals surface area contributed by atoms with E-state index in [1.165, 1.54) is 18.6 Å². The number of aliphatic hydroxyl groups is 1. The lowest BCUT2D eigenvalue weighted by atomic mass is 10.0. The van der Waals surface area contributed by atoms with E-state index in [-0.39, 0.29) is 17.1 Å². The van der Waals surface area contributed by atoms with E-state index >= 15 is 0 Å². The Morgan fingerprint density at radius 2 is 1.94 bits per heavy atom. The van der Waals surface area contributed by atoms with Gasteiger partial charge in [0.05, 0.1) is 34.2 Å². The Labute approximate surface area is 304 Å². The van der Waals surface area contributed by atoms with E-state index in [2.05, 4.69) is 51.0 Å². The highest BCUT2D eigenvalue weighted by Gasteiger charge is 2.18. The fourth-order valence-corrected chi connectivity index (χ4v) is 5.79. The Morgan fingerprint density at radius 3 is 2.63 bits per heavy atom. The summed E-state index contributed by atoms with van der Waals surface area (Å²) >= 11 is 10.5. The number of H-pyrrole nitrogens is 1. The van der Waals surface area contributed by atoms with Crippen LogP contribution in [0, 0.1) is 11.8 Å². The molecule has 3 N–H and O–H groups in total. The second kappa shape index (κ2) is 18.0. The molecule has 0 bridgehead atoms. The molecule has 266 valence electrons. The number of halogens is 3. The minimum atomic E-state index is -0.584. The number of benzene rings is 3. The summed E-state index contributed by atoms with van der Waals surface area (Å²) in [5, 5.41) is 16.6. The Balaban J connectivity index is 0.000000774. The van der Waals surface area contributed by atoms with Crippen LogP contribution in [0.5, 0.6) is 0 Å². The van der Waals surface area contributed by atoms with Crippen LogP contribution >= 0.6 is 24.4 Å². The molecular weight excluding hydrogens is 696 g/mol. The molecule has 0 aliphatic carbocycles. The maximum absolute atomic E-state index is 14.0. The van der Waals surface area contributed by atoms with Crippen molar-refractivity contribution in [1.29, 1.82) is 0 Å². The molecule has 0 spiro atoms. The van der Waals surface area contributed by atoms with Crippen molar-refractivity contribution >= 4 is 64.7 Å². The van der Waals surface area contributed by atoms with Crippen LogP contribution in [0.15, 0.2) is 95.2 Å². The van der Waals surface area contributed by atoms with Gasteiger partial charge >= 0.3 is 0 Å². The Hall–Kier alpha value is -4.66. The molecule has 10 nitrogen and oxygen atoms in total. The first kappa shape index (κ1) is 37.6. The van der Waals surface area contributed by atoms with Crippen LogP contribution < -0.4 is 5.32 Å². The molecule has 1 fully saturated rings. The quantitative estimate of drug-likeness (QED) is 0.0716. The van der Waals surface area contributed by atoms with Crippen LogP contribution in [-0.4, -0.2) is 75.2 Å². The van der Waals surface area contributed by atoms with E-state index in [1.807, 2.05) is 24.3 Å². The van der Waals surface area contributed by atoms with E-state index in [0.29, 0.717) is 52.4 Å². The number of hydrogen-bond donors (Lipinski definition) is 4. The average Bonchev–Trinajstić information content (AvgIpc) is 3.63. The number of allylic oxidation sites excluding steroid dienone is 4. The first-order valence-electron chi connectivity index (χ1n) is 16.2. The number of rotatable bonds is 9. The SMILES string of the molecule is C1COC1.C=N/C(=C\C=C/Cc1ccc(Cl)cc1F)C1=CCN(Cc2nc3cc(NC(=O)c4ccc5n[nH]c(F)c5c4)ccc3n2S)CC1.CO. The van der Waals surface area contributed by atoms with Gasteiger partial charge in [0.25, 0.3) is 5.91 Å². The van der Waals surface area contributed by atoms with Gasteiger partial charge in [-0.25, -0.2) is 9.37 Å². The summed E-state index contributed by atoms with van der Waals surface area (Å²) in [6, 6.07) is 14.7. The summed E-state index contributed by atoms with van der Waals surface area (Å²) in [7, 11) is 1.00. The van der Waals surface area contributed by atoms with Gasteiger partial charge in [0.15, 0.2) is 0 Å². The van der Waals surface area contributed by atoms with Crippen molar-refractivity contribution in [3.8, 4) is 0 Å². The van der Waals surface area contributed by atoms with E-state index in [9.17, 15) is 13.6 Å². The van der Waals surface area contributed by atoms with Crippen LogP contribution in [-0.2, 0) is 17.7 Å². The smallest absolute Gasteiger partial charge is 0.255 e. The molecule has 51 heavy (non-hydrogen) atoms. The fourth-order valence-electron chi connectivity index (χ4n) is 5.36. The number of nitrogens with zero attached hydrogens (tertiary/aromatic N) is 5. The molecule has 1 amide bonds. The number of aromatic nitrogens is 4. The summed E-state index contributed by atoms with van der Waals surface area (Å²) in [6.45, 7) is 7.79. The van der Waals surface area contributed by atoms with Crippen LogP contribution in [0.1, 0.15) is 34.6 Å². The van der Waals surface area contributed by atoms with Gasteiger partial charge < -0.3 is 15.2 Å². The van der Waals surface area contributed by atoms with Gasteiger partial charge in [0.2, 0.25) is 5.95 Å². The molecule has 0 radical (unpaired) electrons. The molecule has 4 heterocycles. The largest absolute Gasteiger partial charge is 0.400 e. The van der Waals surface area contributed by atoms with Crippen molar-refractivity contribution < 1.29 is 23.4 Å². The van der Waals surface area contributed by atoms with E-state index in [0.717, 1.165) is 55.9 Å². The zero-order valence-corrected chi connectivity index (χ0v) is 29.6. The number of aromatic amines is 1. The third-order valence-electron chi connectivity index (χ3n) is 8.20. The highest BCUT2D eigenvalue weighted by atomic mass is 35.5. The van der Waals surface area contributed by atoms with Gasteiger partial charge in [-0.3, -0.25) is 23.8 Å². The van der Waals surface area contributed by atoms with Gasteiger partial charge in [0.1, 0.15) is 11.6 Å². The lowest BCUT2D eigenvalue weighted by Crippen LogP contribution is -2.29. The molecule has 2 aromatic heterocycles. The maximum Gasteiger partial charge on any atom is 0.255 e. The van der Waals surface area contributed by atoms with Gasteiger partial charge in [-0.05, 0) is 91.7 Å². The molecule has 14 heteroatoms. The third kappa shape index (κ3) is 9.57. The topological polar surface area (TPSA) is 121 Å². The monoisotopic (exact) mass is 733 g/mol. The Bertz CT molecular complexity index is 2100. The second-order valence-electron chi connectivity index (χ2n) is 11.5. The maximum atomic E-state index is 14.0. The number of thiol groups is 1. The number of anilines is 1. The number of ether oxygens (including phenoxy) is 1. The van der Waals surface area contributed by atoms with E-state index < -0.39 is 5.95 Å². The van der Waals surface area contributed by atoms with E-state index in [4.69, 9.17) is 26.4 Å². The summed E-state index contributed by atoms with van der Waals surface area (Å²) in [4.78, 5) is 24.1. The van der Waals surface area contributed by atoms with Crippen molar-refractivity contribution in [2.75, 3.05) is 38.7 Å². The number of aliphatic hydroxyl groups excluding tert-OH is 1. The number of carbonyl (C=O) groups excluding carboxylic acids is 1. The van der Waals surface area contributed by atoms with Gasteiger partial charge in [-0.2, -0.15) is 9.49 Å². The van der Waals surface area contributed by atoms with Crippen LogP contribution in [0.3, 0.4) is 0 Å². The van der Waals surface area contributed by atoms with Crippen molar-refractivity contribution in [1.82, 2.24) is 24.1 Å². The molecule has 2 aliphatic rings. The Kier molecular flexibility index (Phi) is 13.3. The number of imidazole rings is 1. The van der Waals surface area contributed by atoms with E-state index in [1.54, 1.807) is 40.4 Å². The molecule has 0 atom stereocenters. The fraction of sp³-hybridized carbons (Fsp3) is 0.243. The third-order valence-corrected chi connectivity index (χ3v) is 8.88. The summed E-state index contributed by atoms with van der Waals surface area (Å²) in [6.07, 6.45) is 10.3. The van der Waals surface area contributed by atoms with Crippen LogP contribution in [0.2, 0.25) is 5.02 Å². The second-order valence-corrected chi connectivity index (χ2v) is 12.4. The van der Waals surface area contributed by atoms with Crippen molar-refractivity contribution in [3.05, 3.63) is 124 Å². The predicted octanol–water partition coefficient (Wildman–Crippen LogP) is 7.32. The Morgan fingerprint density at radius 1 is 1.16 bits per heavy atom. The van der Waals surface area contributed by atoms with Crippen molar-refractivity contribution in [2.45, 2.75) is 25.8 Å². The van der Waals surface area contributed by atoms with Gasteiger partial charge in [0, 0.05) is 49.7 Å². The first-order valence-corrected chi connectivity index (χ1v) is 16.9. The summed E-state index contributed by atoms with van der Waals surface area (Å²) in [5.41, 5.74) is 5.28. The van der Waals surface area contributed by atoms with Crippen LogP contribution in [0.25, 0.3) is 21.9 Å². The molecule has 1 saturated heterocycles. The minimum absolute atomic E-state index is 0.254. The molecule has 2 aliphatic heterocycles. The predicted molar refractivity (Wildman–Crippen MR) is 202 cm³/mol. The molecule has 0 unspecified atom stereocenters. The molecule has 5 aromatic rings. The zero-order valence-electron chi connectivity index (χ0n) is 28.0. The first-order chi connectivity index (χ1) is 24.8. The standard InChI is InChI=1S/C33H28ClF2N7OS.C3H6O.CH4O/c1-37-27(5-3-2-4-20-6-8-23(34)17-26(20)35)21-12-14-42(15-13-21)19-31-39-29-18-24(9-11-30(29)43(31)45)38-33(44)22-7-10-28-25(16-22)32(36)41-40-28;1-2-4-3-1;1-2/h2-3,5-12,16-18,45H,1,4,13-15,19H2,(H,38,44)(H,40,41);1-3H2;2H,1H3/b3-2-,27-5-;;. The lowest BCUT2D eigenvalue weighted by Gasteiger charge is -2.25. The normalized spacial score (nSPS) is 14.7. The number of nitrogens with one attached hydrogen (secondary N) is 2. The number of fused-ring (bicyclic) bond motifs is 2. The van der Waals surface area contributed by atoms with Gasteiger partial charge in [-0.1, -0.05) is 48.7 Å². The summed E-state index contributed by atoms with van der Waals surface area (Å²) in [5.74, 6) is -0.510. The molecule has 0 saturated carbocycles. The lowest BCUT2D eigenvalue weighted by molar-refractivity contribution is 0.0367. The highest BCUT2D eigenvalue weighted by molar-refractivity contribution is 7.78. The molecule has 7 rings (SSSR count). The number of carbonyl (C=O) groups is 1. The minimum Gasteiger partial charge on any atom is -0.400 e. The number of aliphatic imine (C=N–C) groups is 1. The number of hydrogen-bond acceptors (Lipinski definition) is 8. The number of amides is 1. The van der Waals surface area contributed by atoms with Crippen molar-refractivity contribution in [3.63, 3.8) is 0 Å². The zero-order chi connectivity index (χ0) is 36.3. The van der Waals surface area contributed by atoms with Crippen molar-refractivity contribution in [2.24, 2.45) is 4.99 Å². The van der Waals surface area contributed by atoms with Gasteiger partial charge in [-0.15, -0.1) is 0 Å². The summed E-state index contributed by atoms with van der Waals surface area (Å²) < 4.78 is 34.4.